The van der Waals surface area contributed by atoms with Crippen LogP contribution < -0.4 is 5.32 Å². The molecule has 1 atom stereocenters. The highest BCUT2D eigenvalue weighted by Gasteiger charge is 2.28. The summed E-state index contributed by atoms with van der Waals surface area (Å²) in [4.78, 5) is 12.7. The van der Waals surface area contributed by atoms with E-state index in [1.807, 2.05) is 0 Å². The molecule has 0 spiro atoms. The van der Waals surface area contributed by atoms with Gasteiger partial charge in [-0.1, -0.05) is 32.6 Å². The zero-order valence-corrected chi connectivity index (χ0v) is 16.4. The number of nitrogens with zero attached hydrogens (tertiary/aromatic N) is 1. The van der Waals surface area contributed by atoms with Crippen LogP contribution in [0.15, 0.2) is 29.2 Å². The summed E-state index contributed by atoms with van der Waals surface area (Å²) in [6.45, 7) is 3.24. The van der Waals surface area contributed by atoms with E-state index in [1.54, 1.807) is 28.6 Å². The fourth-order valence-electron chi connectivity index (χ4n) is 3.98. The first-order valence-electron chi connectivity index (χ1n) is 9.88. The van der Waals surface area contributed by atoms with Gasteiger partial charge in [0.15, 0.2) is 0 Å². The number of sulfonamides is 1. The van der Waals surface area contributed by atoms with Gasteiger partial charge in [0, 0.05) is 24.7 Å². The van der Waals surface area contributed by atoms with Crippen LogP contribution in [0.1, 0.15) is 68.6 Å². The summed E-state index contributed by atoms with van der Waals surface area (Å²) < 4.78 is 27.2. The molecule has 6 heteroatoms. The second kappa shape index (κ2) is 8.53. The van der Waals surface area contributed by atoms with Gasteiger partial charge in [0.2, 0.25) is 10.0 Å². The smallest absolute Gasteiger partial charge is 0.251 e. The van der Waals surface area contributed by atoms with E-state index in [0.717, 1.165) is 38.5 Å². The van der Waals surface area contributed by atoms with Crippen molar-refractivity contribution in [1.82, 2.24) is 9.62 Å². The Morgan fingerprint density at radius 1 is 1.00 bits per heavy atom. The van der Waals surface area contributed by atoms with Crippen LogP contribution in [0.25, 0.3) is 0 Å². The number of benzene rings is 1. The van der Waals surface area contributed by atoms with Crippen molar-refractivity contribution in [2.75, 3.05) is 13.1 Å². The normalized spacial score (nSPS) is 23.3. The predicted octanol–water partition coefficient (Wildman–Crippen LogP) is 3.56. The van der Waals surface area contributed by atoms with E-state index in [9.17, 15) is 13.2 Å². The van der Waals surface area contributed by atoms with Crippen LogP contribution in [0.3, 0.4) is 0 Å². The first-order chi connectivity index (χ1) is 12.5. The van der Waals surface area contributed by atoms with Crippen molar-refractivity contribution in [2.45, 2.75) is 69.2 Å². The molecule has 2 fully saturated rings. The first kappa shape index (κ1) is 19.4. The number of carbonyl (C=O) groups is 1. The SMILES string of the molecule is CC1CCCN(S(=O)(=O)c2ccc(C(=O)NC3CCCCCC3)cc2)C1. The minimum absolute atomic E-state index is 0.104. The molecular weight excluding hydrogens is 348 g/mol. The Bertz CT molecular complexity index is 707. The number of carbonyl (C=O) groups excluding carboxylic acids is 1. The maximum absolute atomic E-state index is 12.8. The fraction of sp³-hybridized carbons (Fsp3) is 0.650. The standard InChI is InChI=1S/C20H30N2O3S/c1-16-7-6-14-22(15-16)26(24,25)19-12-10-17(11-13-19)20(23)21-18-8-4-2-3-5-9-18/h10-13,16,18H,2-9,14-15H2,1H3,(H,21,23). The Morgan fingerprint density at radius 2 is 1.65 bits per heavy atom. The lowest BCUT2D eigenvalue weighted by Crippen LogP contribution is -2.39. The van der Waals surface area contributed by atoms with Gasteiger partial charge in [-0.15, -0.1) is 0 Å². The summed E-state index contributed by atoms with van der Waals surface area (Å²) in [6, 6.07) is 6.63. The zero-order valence-electron chi connectivity index (χ0n) is 15.6. The Balaban J connectivity index is 1.66. The maximum Gasteiger partial charge on any atom is 0.251 e. The Kier molecular flexibility index (Phi) is 6.35. The van der Waals surface area contributed by atoms with Crippen molar-refractivity contribution >= 4 is 15.9 Å². The first-order valence-corrected chi connectivity index (χ1v) is 11.3. The van der Waals surface area contributed by atoms with E-state index in [1.165, 1.54) is 12.8 Å². The number of amides is 1. The Morgan fingerprint density at radius 3 is 2.27 bits per heavy atom. The predicted molar refractivity (Wildman–Crippen MR) is 103 cm³/mol. The van der Waals surface area contributed by atoms with Gasteiger partial charge < -0.3 is 5.32 Å². The lowest BCUT2D eigenvalue weighted by molar-refractivity contribution is 0.0933. The molecule has 1 saturated carbocycles. The van der Waals surface area contributed by atoms with E-state index >= 15 is 0 Å². The quantitative estimate of drug-likeness (QED) is 0.815. The third-order valence-corrected chi connectivity index (χ3v) is 7.44. The Hall–Kier alpha value is -1.40. The molecule has 2 aliphatic rings. The van der Waals surface area contributed by atoms with Gasteiger partial charge in [0.1, 0.15) is 0 Å². The molecule has 0 bridgehead atoms. The molecule has 0 radical (unpaired) electrons. The van der Waals surface area contributed by atoms with Gasteiger partial charge in [-0.05, 0) is 55.9 Å². The van der Waals surface area contributed by atoms with Crippen LogP contribution in [0.5, 0.6) is 0 Å². The Labute approximate surface area is 157 Å². The largest absolute Gasteiger partial charge is 0.349 e. The van der Waals surface area contributed by atoms with Crippen LogP contribution in [0.4, 0.5) is 0 Å². The zero-order chi connectivity index (χ0) is 18.6. The van der Waals surface area contributed by atoms with Crippen LogP contribution in [-0.2, 0) is 10.0 Å². The van der Waals surface area contributed by atoms with Crippen molar-refractivity contribution in [1.29, 1.82) is 0 Å². The molecule has 1 aromatic carbocycles. The van der Waals surface area contributed by atoms with Crippen LogP contribution in [-0.4, -0.2) is 37.8 Å². The summed E-state index contributed by atoms with van der Waals surface area (Å²) >= 11 is 0. The molecule has 1 aliphatic heterocycles. The van der Waals surface area contributed by atoms with Crippen molar-refractivity contribution in [3.63, 3.8) is 0 Å². The monoisotopic (exact) mass is 378 g/mol. The highest BCUT2D eigenvalue weighted by atomic mass is 32.2. The highest BCUT2D eigenvalue weighted by Crippen LogP contribution is 2.24. The lowest BCUT2D eigenvalue weighted by Gasteiger charge is -2.30. The molecule has 3 rings (SSSR count). The number of hydrogen-bond acceptors (Lipinski definition) is 3. The van der Waals surface area contributed by atoms with Crippen LogP contribution >= 0.6 is 0 Å². The second-order valence-corrected chi connectivity index (χ2v) is 9.73. The van der Waals surface area contributed by atoms with E-state index < -0.39 is 10.0 Å². The molecule has 0 aromatic heterocycles. The fourth-order valence-corrected chi connectivity index (χ4v) is 5.58. The van der Waals surface area contributed by atoms with Crippen LogP contribution in [0.2, 0.25) is 0 Å². The molecule has 1 N–H and O–H groups in total. The molecule has 1 aliphatic carbocycles. The second-order valence-electron chi connectivity index (χ2n) is 7.80. The highest BCUT2D eigenvalue weighted by molar-refractivity contribution is 7.89. The van der Waals surface area contributed by atoms with Gasteiger partial charge >= 0.3 is 0 Å². The van der Waals surface area contributed by atoms with E-state index in [0.29, 0.717) is 24.6 Å². The molecule has 1 saturated heterocycles. The number of nitrogens with one attached hydrogen (secondary N) is 1. The van der Waals surface area contributed by atoms with Gasteiger partial charge in [-0.2, -0.15) is 4.31 Å². The number of piperidine rings is 1. The van der Waals surface area contributed by atoms with Crippen LogP contribution in [0, 0.1) is 5.92 Å². The van der Waals surface area contributed by atoms with Crippen molar-refractivity contribution < 1.29 is 13.2 Å². The minimum Gasteiger partial charge on any atom is -0.349 e. The molecule has 1 heterocycles. The third-order valence-electron chi connectivity index (χ3n) is 5.56. The average molecular weight is 379 g/mol. The summed E-state index contributed by atoms with van der Waals surface area (Å²) in [5.74, 6) is 0.288. The molecule has 1 unspecified atom stereocenters. The van der Waals surface area contributed by atoms with E-state index in [2.05, 4.69) is 12.2 Å². The minimum atomic E-state index is -3.47. The number of hydrogen-bond donors (Lipinski definition) is 1. The summed E-state index contributed by atoms with van der Waals surface area (Å²) in [5, 5.41) is 3.10. The van der Waals surface area contributed by atoms with Gasteiger partial charge in [-0.25, -0.2) is 8.42 Å². The molecular formula is C20H30N2O3S. The number of rotatable bonds is 4. The van der Waals surface area contributed by atoms with Gasteiger partial charge in [-0.3, -0.25) is 4.79 Å². The topological polar surface area (TPSA) is 66.5 Å². The van der Waals surface area contributed by atoms with E-state index in [4.69, 9.17) is 0 Å². The molecule has 1 aromatic rings. The lowest BCUT2D eigenvalue weighted by atomic mass is 10.0. The van der Waals surface area contributed by atoms with Crippen molar-refractivity contribution in [2.24, 2.45) is 5.92 Å². The van der Waals surface area contributed by atoms with Crippen molar-refractivity contribution in [3.8, 4) is 0 Å². The molecule has 1 amide bonds. The third kappa shape index (κ3) is 4.65. The average Bonchev–Trinajstić information content (AvgIpc) is 2.90. The molecule has 26 heavy (non-hydrogen) atoms. The maximum atomic E-state index is 12.8. The summed E-state index contributed by atoms with van der Waals surface area (Å²) in [5.41, 5.74) is 0.528. The van der Waals surface area contributed by atoms with E-state index in [-0.39, 0.29) is 16.8 Å². The van der Waals surface area contributed by atoms with Gasteiger partial charge in [0.05, 0.1) is 4.90 Å². The molecule has 5 nitrogen and oxygen atoms in total. The van der Waals surface area contributed by atoms with Crippen molar-refractivity contribution in [3.05, 3.63) is 29.8 Å². The summed E-state index contributed by atoms with van der Waals surface area (Å²) in [7, 11) is -3.47. The molecule has 144 valence electrons. The summed E-state index contributed by atoms with van der Waals surface area (Å²) in [6.07, 6.45) is 8.86. The van der Waals surface area contributed by atoms with Gasteiger partial charge in [0.25, 0.3) is 5.91 Å².